The van der Waals surface area contributed by atoms with E-state index in [-0.39, 0.29) is 36.2 Å². The number of hydrogen-bond acceptors (Lipinski definition) is 4. The van der Waals surface area contributed by atoms with Crippen molar-refractivity contribution in [3.8, 4) is 0 Å². The SMILES string of the molecule is NC(=O)C12CC3CC(C1)C(NC(=O)CN1CCCN(c4cccc5c4CCC5)S1(=O)=O)C(C3)C2. The zero-order valence-corrected chi connectivity index (χ0v) is 20.4. The third kappa shape index (κ3) is 3.46. The Labute approximate surface area is 201 Å². The third-order valence-electron chi connectivity index (χ3n) is 9.21. The van der Waals surface area contributed by atoms with Gasteiger partial charge in [0, 0.05) is 24.5 Å². The molecule has 0 radical (unpaired) electrons. The van der Waals surface area contributed by atoms with Crippen molar-refractivity contribution in [1.29, 1.82) is 0 Å². The van der Waals surface area contributed by atoms with Gasteiger partial charge in [0.1, 0.15) is 0 Å². The summed E-state index contributed by atoms with van der Waals surface area (Å²) in [6, 6.07) is 5.93. The Morgan fingerprint density at radius 2 is 1.82 bits per heavy atom. The first kappa shape index (κ1) is 22.3. The number of aryl methyl sites for hydroxylation is 1. The second kappa shape index (κ2) is 7.95. The summed E-state index contributed by atoms with van der Waals surface area (Å²) in [5.74, 6) is 0.591. The number of carbonyl (C=O) groups is 2. The van der Waals surface area contributed by atoms with E-state index in [2.05, 4.69) is 11.4 Å². The molecule has 1 saturated heterocycles. The molecule has 6 aliphatic rings. The predicted octanol–water partition coefficient (Wildman–Crippen LogP) is 1.73. The highest BCUT2D eigenvalue weighted by atomic mass is 32.2. The lowest BCUT2D eigenvalue weighted by molar-refractivity contribution is -0.147. The van der Waals surface area contributed by atoms with Crippen LogP contribution in [-0.4, -0.2) is 50.2 Å². The van der Waals surface area contributed by atoms with E-state index in [1.165, 1.54) is 14.2 Å². The minimum absolute atomic E-state index is 0.0116. The minimum atomic E-state index is -3.77. The van der Waals surface area contributed by atoms with Crippen molar-refractivity contribution in [3.63, 3.8) is 0 Å². The Morgan fingerprint density at radius 1 is 1.06 bits per heavy atom. The highest BCUT2D eigenvalue weighted by molar-refractivity contribution is 7.90. The summed E-state index contributed by atoms with van der Waals surface area (Å²) in [5.41, 5.74) is 8.53. The summed E-state index contributed by atoms with van der Waals surface area (Å²) < 4.78 is 29.9. The molecule has 0 aromatic heterocycles. The molecule has 4 bridgehead atoms. The van der Waals surface area contributed by atoms with Crippen LogP contribution >= 0.6 is 0 Å². The van der Waals surface area contributed by atoms with Crippen LogP contribution < -0.4 is 15.4 Å². The molecule has 7 rings (SSSR count). The quantitative estimate of drug-likeness (QED) is 0.660. The summed E-state index contributed by atoms with van der Waals surface area (Å²) in [5, 5.41) is 3.18. The van der Waals surface area contributed by atoms with Crippen LogP contribution in [0.2, 0.25) is 0 Å². The van der Waals surface area contributed by atoms with Crippen LogP contribution in [0.3, 0.4) is 0 Å². The van der Waals surface area contributed by atoms with Crippen LogP contribution in [0.15, 0.2) is 18.2 Å². The fraction of sp³-hybridized carbons (Fsp3) is 0.680. The van der Waals surface area contributed by atoms with E-state index in [4.69, 9.17) is 5.73 Å². The van der Waals surface area contributed by atoms with Gasteiger partial charge in [-0.05, 0) is 92.7 Å². The second-order valence-electron chi connectivity index (χ2n) is 11.2. The van der Waals surface area contributed by atoms with Crippen molar-refractivity contribution in [3.05, 3.63) is 29.3 Å². The van der Waals surface area contributed by atoms with Crippen LogP contribution in [0, 0.1) is 23.2 Å². The third-order valence-corrected chi connectivity index (χ3v) is 11.1. The molecule has 1 aliphatic heterocycles. The van der Waals surface area contributed by atoms with E-state index in [1.807, 2.05) is 12.1 Å². The average Bonchev–Trinajstić information content (AvgIpc) is 3.26. The summed E-state index contributed by atoms with van der Waals surface area (Å²) >= 11 is 0. The Bertz CT molecular complexity index is 1120. The maximum absolute atomic E-state index is 13.5. The fourth-order valence-electron chi connectivity index (χ4n) is 7.95. The zero-order chi connectivity index (χ0) is 23.7. The Morgan fingerprint density at radius 3 is 2.56 bits per heavy atom. The van der Waals surface area contributed by atoms with Gasteiger partial charge in [0.15, 0.2) is 0 Å². The number of fused-ring (bicyclic) bond motifs is 1. The summed E-state index contributed by atoms with van der Waals surface area (Å²) in [4.78, 5) is 25.3. The number of benzene rings is 1. The standard InChI is InChI=1S/C25H34N4O4S/c26-24(31)25-12-16-10-18(13-25)23(19(11-16)14-25)27-22(30)15-28-8-3-9-29(34(28,32)33)21-7-2-5-17-4-1-6-20(17)21/h2,5,7,16,18-19,23H,1,3-4,6,8-15H2,(H2,26,31)(H,27,30). The molecule has 34 heavy (non-hydrogen) atoms. The van der Waals surface area contributed by atoms with Crippen molar-refractivity contribution < 1.29 is 18.0 Å². The van der Waals surface area contributed by atoms with Crippen LogP contribution in [0.25, 0.3) is 0 Å². The number of anilines is 1. The molecule has 0 spiro atoms. The topological polar surface area (TPSA) is 113 Å². The summed E-state index contributed by atoms with van der Waals surface area (Å²) in [6.07, 6.45) is 8.05. The summed E-state index contributed by atoms with van der Waals surface area (Å²) in [7, 11) is -3.77. The Kier molecular flexibility index (Phi) is 5.22. The van der Waals surface area contributed by atoms with Gasteiger partial charge in [-0.1, -0.05) is 12.1 Å². The van der Waals surface area contributed by atoms with Crippen molar-refractivity contribution in [2.45, 2.75) is 63.8 Å². The lowest BCUT2D eigenvalue weighted by atomic mass is 9.47. The van der Waals surface area contributed by atoms with Gasteiger partial charge in [0.05, 0.1) is 12.2 Å². The normalized spacial score (nSPS) is 35.8. The van der Waals surface area contributed by atoms with Gasteiger partial charge in [0.25, 0.3) is 0 Å². The van der Waals surface area contributed by atoms with Gasteiger partial charge in [-0.3, -0.25) is 13.9 Å². The molecular formula is C25H34N4O4S. The largest absolute Gasteiger partial charge is 0.369 e. The Hall–Kier alpha value is -2.13. The van der Waals surface area contributed by atoms with Crippen LogP contribution in [0.5, 0.6) is 0 Å². The van der Waals surface area contributed by atoms with Crippen molar-refractivity contribution >= 4 is 27.7 Å². The minimum Gasteiger partial charge on any atom is -0.369 e. The number of nitrogens with zero attached hydrogens (tertiary/aromatic N) is 2. The number of amides is 2. The van der Waals surface area contributed by atoms with Gasteiger partial charge in [-0.15, -0.1) is 0 Å². The van der Waals surface area contributed by atoms with Gasteiger partial charge >= 0.3 is 10.2 Å². The smallest absolute Gasteiger partial charge is 0.304 e. The molecule has 184 valence electrons. The van der Waals surface area contributed by atoms with E-state index in [0.717, 1.165) is 62.6 Å². The lowest BCUT2D eigenvalue weighted by Crippen LogP contribution is -2.63. The number of hydrogen-bond donors (Lipinski definition) is 2. The average molecular weight is 487 g/mol. The molecule has 5 fully saturated rings. The molecule has 2 amide bonds. The first-order valence-corrected chi connectivity index (χ1v) is 14.1. The first-order valence-electron chi connectivity index (χ1n) is 12.7. The lowest BCUT2D eigenvalue weighted by Gasteiger charge is -2.58. The molecule has 8 nitrogen and oxygen atoms in total. The summed E-state index contributed by atoms with van der Waals surface area (Å²) in [6.45, 7) is 0.639. The van der Waals surface area contributed by atoms with Gasteiger partial charge < -0.3 is 11.1 Å². The van der Waals surface area contributed by atoms with Crippen molar-refractivity contribution in [2.75, 3.05) is 23.9 Å². The number of nitrogens with two attached hydrogens (primary N) is 1. The molecule has 1 heterocycles. The van der Waals surface area contributed by atoms with Crippen molar-refractivity contribution in [1.82, 2.24) is 9.62 Å². The maximum Gasteiger partial charge on any atom is 0.304 e. The van der Waals surface area contributed by atoms with Gasteiger partial charge in [0.2, 0.25) is 11.8 Å². The van der Waals surface area contributed by atoms with E-state index < -0.39 is 15.6 Å². The van der Waals surface area contributed by atoms with Crippen LogP contribution in [0.4, 0.5) is 5.69 Å². The van der Waals surface area contributed by atoms with E-state index in [0.29, 0.717) is 25.4 Å². The highest BCUT2D eigenvalue weighted by Crippen LogP contribution is 2.59. The van der Waals surface area contributed by atoms with Crippen LogP contribution in [0.1, 0.15) is 56.1 Å². The Balaban J connectivity index is 1.16. The second-order valence-corrected chi connectivity index (χ2v) is 13.1. The number of nitrogens with one attached hydrogen (secondary N) is 1. The number of primary amides is 1. The molecule has 9 heteroatoms. The van der Waals surface area contributed by atoms with Crippen molar-refractivity contribution in [2.24, 2.45) is 28.9 Å². The molecular weight excluding hydrogens is 452 g/mol. The van der Waals surface area contributed by atoms with E-state index >= 15 is 0 Å². The number of carbonyl (C=O) groups excluding carboxylic acids is 2. The molecule has 1 aromatic carbocycles. The maximum atomic E-state index is 13.5. The van der Waals surface area contributed by atoms with Crippen LogP contribution in [-0.2, 0) is 32.6 Å². The monoisotopic (exact) mass is 486 g/mol. The molecule has 2 unspecified atom stereocenters. The number of rotatable bonds is 5. The van der Waals surface area contributed by atoms with Gasteiger partial charge in [-0.2, -0.15) is 12.7 Å². The van der Waals surface area contributed by atoms with E-state index in [1.54, 1.807) is 0 Å². The first-order chi connectivity index (χ1) is 16.3. The molecule has 3 N–H and O–H groups in total. The highest BCUT2D eigenvalue weighted by Gasteiger charge is 2.58. The molecule has 4 saturated carbocycles. The predicted molar refractivity (Wildman–Crippen MR) is 128 cm³/mol. The molecule has 5 aliphatic carbocycles. The molecule has 2 atom stereocenters. The molecule has 1 aromatic rings. The fourth-order valence-corrected chi connectivity index (χ4v) is 9.65. The zero-order valence-electron chi connectivity index (χ0n) is 19.5. The van der Waals surface area contributed by atoms with E-state index in [9.17, 15) is 18.0 Å². The van der Waals surface area contributed by atoms with Gasteiger partial charge in [-0.25, -0.2) is 0 Å².